The normalized spacial score (nSPS) is 18.7. The van der Waals surface area contributed by atoms with Gasteiger partial charge < -0.3 is 10.0 Å². The topological polar surface area (TPSA) is 57.6 Å². The van der Waals surface area contributed by atoms with E-state index in [4.69, 9.17) is 5.11 Å². The van der Waals surface area contributed by atoms with E-state index in [1.54, 1.807) is 24.9 Å². The minimum Gasteiger partial charge on any atom is -0.481 e. The summed E-state index contributed by atoms with van der Waals surface area (Å²) in [4.78, 5) is 24.8. The van der Waals surface area contributed by atoms with Crippen LogP contribution in [0.2, 0.25) is 0 Å². The Kier molecular flexibility index (Phi) is 2.69. The highest BCUT2D eigenvalue weighted by Gasteiger charge is 2.42. The van der Waals surface area contributed by atoms with Gasteiger partial charge in [-0.3, -0.25) is 9.59 Å². The number of fused-ring (bicyclic) bond motifs is 1. The van der Waals surface area contributed by atoms with Crippen molar-refractivity contribution in [2.24, 2.45) is 0 Å². The molecule has 0 fully saturated rings. The molecule has 1 heterocycles. The van der Waals surface area contributed by atoms with Gasteiger partial charge in [0, 0.05) is 12.7 Å². The summed E-state index contributed by atoms with van der Waals surface area (Å²) >= 11 is 0. The number of carboxylic acids is 1. The largest absolute Gasteiger partial charge is 0.481 e. The Morgan fingerprint density at radius 1 is 1.39 bits per heavy atom. The van der Waals surface area contributed by atoms with E-state index in [-0.39, 0.29) is 5.91 Å². The van der Waals surface area contributed by atoms with E-state index in [2.05, 4.69) is 0 Å². The van der Waals surface area contributed by atoms with E-state index in [0.29, 0.717) is 0 Å². The molecule has 1 aliphatic rings. The highest BCUT2D eigenvalue weighted by Crippen LogP contribution is 2.41. The number of rotatable bonds is 2. The van der Waals surface area contributed by atoms with Gasteiger partial charge >= 0.3 is 5.97 Å². The van der Waals surface area contributed by atoms with E-state index in [1.807, 2.05) is 26.0 Å². The Balaban J connectivity index is 2.55. The van der Waals surface area contributed by atoms with Crippen LogP contribution in [0.15, 0.2) is 18.2 Å². The summed E-state index contributed by atoms with van der Waals surface area (Å²) in [5.74, 6) is -1.38. The quantitative estimate of drug-likeness (QED) is 0.871. The van der Waals surface area contributed by atoms with E-state index in [9.17, 15) is 9.59 Å². The Morgan fingerprint density at radius 3 is 2.56 bits per heavy atom. The lowest BCUT2D eigenvalue weighted by Gasteiger charge is -2.17. The Bertz CT molecular complexity index is 534. The zero-order valence-corrected chi connectivity index (χ0v) is 11.0. The predicted molar refractivity (Wildman–Crippen MR) is 68.9 cm³/mol. The molecule has 1 amide bonds. The van der Waals surface area contributed by atoms with Gasteiger partial charge in [-0.25, -0.2) is 0 Å². The van der Waals surface area contributed by atoms with Crippen LogP contribution < -0.4 is 4.90 Å². The molecule has 1 aromatic carbocycles. The van der Waals surface area contributed by atoms with Crippen LogP contribution in [0, 0.1) is 0 Å². The molecule has 96 valence electrons. The van der Waals surface area contributed by atoms with E-state index in [1.165, 1.54) is 0 Å². The van der Waals surface area contributed by atoms with Crippen LogP contribution in [0.5, 0.6) is 0 Å². The smallest absolute Gasteiger partial charge is 0.310 e. The summed E-state index contributed by atoms with van der Waals surface area (Å²) in [5.41, 5.74) is 1.92. The van der Waals surface area contributed by atoms with Crippen molar-refractivity contribution in [2.75, 3.05) is 11.9 Å². The summed E-state index contributed by atoms with van der Waals surface area (Å²) in [6.07, 6.45) is 0. The molecule has 0 radical (unpaired) electrons. The highest BCUT2D eigenvalue weighted by atomic mass is 16.4. The van der Waals surface area contributed by atoms with Crippen molar-refractivity contribution in [1.82, 2.24) is 0 Å². The van der Waals surface area contributed by atoms with Crippen molar-refractivity contribution < 1.29 is 14.7 Å². The van der Waals surface area contributed by atoms with Gasteiger partial charge in [0.1, 0.15) is 0 Å². The lowest BCUT2D eigenvalue weighted by molar-refractivity contribution is -0.138. The van der Waals surface area contributed by atoms with Crippen LogP contribution in [0.4, 0.5) is 5.69 Å². The fourth-order valence-corrected chi connectivity index (χ4v) is 2.40. The fraction of sp³-hybridized carbons (Fsp3) is 0.429. The minimum atomic E-state index is -0.856. The third kappa shape index (κ3) is 1.60. The number of likely N-dealkylation sites (N-methyl/N-ethyl adjacent to an activating group) is 1. The third-order valence-corrected chi connectivity index (χ3v) is 3.77. The first-order valence-electron chi connectivity index (χ1n) is 5.92. The molecule has 1 aromatic rings. The van der Waals surface area contributed by atoms with Gasteiger partial charge in [-0.05, 0) is 38.0 Å². The lowest BCUT2D eigenvalue weighted by Crippen LogP contribution is -2.33. The van der Waals surface area contributed by atoms with Crippen molar-refractivity contribution in [3.05, 3.63) is 29.3 Å². The van der Waals surface area contributed by atoms with E-state index in [0.717, 1.165) is 16.8 Å². The molecule has 0 aromatic heterocycles. The summed E-state index contributed by atoms with van der Waals surface area (Å²) < 4.78 is 0. The van der Waals surface area contributed by atoms with Gasteiger partial charge in [0.25, 0.3) is 0 Å². The number of benzene rings is 1. The van der Waals surface area contributed by atoms with Crippen LogP contribution in [0.1, 0.15) is 37.8 Å². The second-order valence-corrected chi connectivity index (χ2v) is 5.33. The summed E-state index contributed by atoms with van der Waals surface area (Å²) in [5, 5.41) is 9.04. The number of hydrogen-bond acceptors (Lipinski definition) is 2. The molecule has 0 saturated heterocycles. The number of carbonyl (C=O) groups is 2. The van der Waals surface area contributed by atoms with Gasteiger partial charge in [0.15, 0.2) is 0 Å². The van der Waals surface area contributed by atoms with Gasteiger partial charge in [-0.15, -0.1) is 0 Å². The number of aliphatic carboxylic acids is 1. The lowest BCUT2D eigenvalue weighted by atomic mass is 9.84. The SMILES string of the molecule is CC(C(=O)O)c1ccc2c(c1)C(C)(C)C(=O)N2C. The minimum absolute atomic E-state index is 0.0395. The second-order valence-electron chi connectivity index (χ2n) is 5.33. The standard InChI is InChI=1S/C14H17NO3/c1-8(12(16)17)9-5-6-11-10(7-9)14(2,3)13(18)15(11)4/h5-8H,1-4H3,(H,16,17). The Labute approximate surface area is 106 Å². The molecular weight excluding hydrogens is 230 g/mol. The first-order chi connectivity index (χ1) is 8.26. The highest BCUT2D eigenvalue weighted by molar-refractivity contribution is 6.07. The van der Waals surface area contributed by atoms with Crippen molar-refractivity contribution in [1.29, 1.82) is 0 Å². The number of amides is 1. The zero-order chi connectivity index (χ0) is 13.7. The van der Waals surface area contributed by atoms with Crippen molar-refractivity contribution in [2.45, 2.75) is 32.1 Å². The number of anilines is 1. The number of carboxylic acid groups (broad SMARTS) is 1. The van der Waals surface area contributed by atoms with Gasteiger partial charge in [0.05, 0.1) is 11.3 Å². The van der Waals surface area contributed by atoms with E-state index >= 15 is 0 Å². The number of carbonyl (C=O) groups excluding carboxylic acids is 1. The average Bonchev–Trinajstić information content (AvgIpc) is 2.50. The molecule has 0 bridgehead atoms. The van der Waals surface area contributed by atoms with Crippen molar-refractivity contribution in [3.63, 3.8) is 0 Å². The molecule has 0 aliphatic carbocycles. The zero-order valence-electron chi connectivity index (χ0n) is 11.0. The van der Waals surface area contributed by atoms with Crippen molar-refractivity contribution in [3.8, 4) is 0 Å². The van der Waals surface area contributed by atoms with E-state index < -0.39 is 17.3 Å². The van der Waals surface area contributed by atoms with Crippen LogP contribution in [-0.2, 0) is 15.0 Å². The molecule has 18 heavy (non-hydrogen) atoms. The summed E-state index contributed by atoms with van der Waals surface area (Å²) in [6, 6.07) is 5.45. The molecule has 4 heteroatoms. The Morgan fingerprint density at radius 2 is 2.00 bits per heavy atom. The predicted octanol–water partition coefficient (Wildman–Crippen LogP) is 2.13. The second kappa shape index (κ2) is 3.83. The van der Waals surface area contributed by atoms with Gasteiger partial charge in [-0.1, -0.05) is 12.1 Å². The molecule has 4 nitrogen and oxygen atoms in total. The molecule has 0 spiro atoms. The maximum atomic E-state index is 12.1. The molecule has 1 N–H and O–H groups in total. The molecule has 2 rings (SSSR count). The molecular formula is C14H17NO3. The molecule has 1 unspecified atom stereocenters. The van der Waals surface area contributed by atoms with Crippen LogP contribution >= 0.6 is 0 Å². The van der Waals surface area contributed by atoms with Gasteiger partial charge in [-0.2, -0.15) is 0 Å². The third-order valence-electron chi connectivity index (χ3n) is 3.77. The van der Waals surface area contributed by atoms with Crippen molar-refractivity contribution >= 4 is 17.6 Å². The van der Waals surface area contributed by atoms with Crippen LogP contribution in [0.25, 0.3) is 0 Å². The Hall–Kier alpha value is -1.84. The number of hydrogen-bond donors (Lipinski definition) is 1. The maximum absolute atomic E-state index is 12.1. The number of nitrogens with zero attached hydrogens (tertiary/aromatic N) is 1. The average molecular weight is 247 g/mol. The maximum Gasteiger partial charge on any atom is 0.310 e. The molecule has 0 saturated carbocycles. The van der Waals surface area contributed by atoms with Gasteiger partial charge in [0.2, 0.25) is 5.91 Å². The monoisotopic (exact) mass is 247 g/mol. The van der Waals surface area contributed by atoms with Crippen LogP contribution in [-0.4, -0.2) is 24.0 Å². The van der Waals surface area contributed by atoms with Crippen LogP contribution in [0.3, 0.4) is 0 Å². The molecule has 1 aliphatic heterocycles. The summed E-state index contributed by atoms with van der Waals surface area (Å²) in [7, 11) is 1.75. The molecule has 1 atom stereocenters. The summed E-state index contributed by atoms with van der Waals surface area (Å²) in [6.45, 7) is 5.39. The fourth-order valence-electron chi connectivity index (χ4n) is 2.40. The first-order valence-corrected chi connectivity index (χ1v) is 5.92. The first kappa shape index (κ1) is 12.6.